The van der Waals surface area contributed by atoms with E-state index in [9.17, 15) is 0 Å². The molecule has 13 heavy (non-hydrogen) atoms. The summed E-state index contributed by atoms with van der Waals surface area (Å²) in [4.78, 5) is 0. The van der Waals surface area contributed by atoms with Gasteiger partial charge >= 0.3 is 0 Å². The van der Waals surface area contributed by atoms with E-state index in [0.717, 1.165) is 0 Å². The Balaban J connectivity index is 2.59. The van der Waals surface area contributed by atoms with Gasteiger partial charge in [0, 0.05) is 0 Å². The van der Waals surface area contributed by atoms with Gasteiger partial charge in [0.05, 0.1) is 10.9 Å². The number of thiazole rings is 1. The molecule has 0 aliphatic rings. The molecule has 0 atom stereocenters. The Morgan fingerprint density at radius 2 is 2.00 bits per heavy atom. The van der Waals surface area contributed by atoms with E-state index in [1.165, 1.54) is 16.1 Å². The number of aryl methyl sites for hydroxylation is 2. The minimum atomic E-state index is 1.32. The molecule has 0 bridgehead atoms. The molecule has 2 heteroatoms. The van der Waals surface area contributed by atoms with E-state index in [4.69, 9.17) is 0 Å². The first-order valence-corrected chi connectivity index (χ1v) is 5.16. The number of aromatic nitrogens is 1. The van der Waals surface area contributed by atoms with E-state index in [1.54, 1.807) is 11.3 Å². The van der Waals surface area contributed by atoms with Crippen LogP contribution in [0.2, 0.25) is 0 Å². The highest BCUT2D eigenvalue weighted by Crippen LogP contribution is 2.22. The topological polar surface area (TPSA) is 3.88 Å². The molecule has 2 rings (SSSR count). The Morgan fingerprint density at radius 3 is 2.62 bits per heavy atom. The summed E-state index contributed by atoms with van der Waals surface area (Å²) in [6.45, 7) is 2.15. The summed E-state index contributed by atoms with van der Waals surface area (Å²) in [6, 6.07) is 8.48. The Hall–Kier alpha value is -1.15. The molecule has 0 aliphatic heterocycles. The van der Waals surface area contributed by atoms with Crippen molar-refractivity contribution in [3.05, 3.63) is 41.4 Å². The molecule has 0 N–H and O–H groups in total. The lowest BCUT2D eigenvalue weighted by Gasteiger charge is -1.98. The smallest absolute Gasteiger partial charge is 0.191 e. The summed E-state index contributed by atoms with van der Waals surface area (Å²) in [5.41, 5.74) is 2.67. The van der Waals surface area contributed by atoms with Crippen LogP contribution in [0.1, 0.15) is 5.56 Å². The van der Waals surface area contributed by atoms with Crippen molar-refractivity contribution in [1.29, 1.82) is 0 Å². The lowest BCUT2D eigenvalue weighted by molar-refractivity contribution is -0.655. The summed E-state index contributed by atoms with van der Waals surface area (Å²) in [6.07, 6.45) is 2.09. The average Bonchev–Trinajstić information content (AvgIpc) is 2.52. The van der Waals surface area contributed by atoms with Gasteiger partial charge in [-0.15, -0.1) is 0 Å². The molecule has 1 aromatic heterocycles. The van der Waals surface area contributed by atoms with Crippen LogP contribution in [0.4, 0.5) is 0 Å². The van der Waals surface area contributed by atoms with Crippen molar-refractivity contribution in [3.63, 3.8) is 0 Å². The van der Waals surface area contributed by atoms with Crippen LogP contribution in [0, 0.1) is 6.92 Å². The number of hydrogen-bond acceptors (Lipinski definition) is 1. The van der Waals surface area contributed by atoms with E-state index in [-0.39, 0.29) is 0 Å². The third-order valence-corrected chi connectivity index (χ3v) is 3.15. The predicted molar refractivity (Wildman–Crippen MR) is 55.7 cm³/mol. The van der Waals surface area contributed by atoms with Crippen molar-refractivity contribution >= 4 is 11.3 Å². The third kappa shape index (κ3) is 1.49. The van der Waals surface area contributed by atoms with Crippen LogP contribution in [-0.4, -0.2) is 0 Å². The molecular weight excluding hydrogens is 178 g/mol. The zero-order valence-corrected chi connectivity index (χ0v) is 8.64. The van der Waals surface area contributed by atoms with E-state index in [0.29, 0.717) is 0 Å². The van der Waals surface area contributed by atoms with Gasteiger partial charge in [0.25, 0.3) is 5.01 Å². The maximum Gasteiger partial charge on any atom is 0.269 e. The number of rotatable bonds is 1. The standard InChI is InChI=1S/C11H12NS/c1-9-5-3-4-6-10(9)11-12(2)7-8-13-11/h3-8H,1-2H3/q+1. The van der Waals surface area contributed by atoms with Crippen LogP contribution in [-0.2, 0) is 7.05 Å². The molecule has 66 valence electrons. The fourth-order valence-electron chi connectivity index (χ4n) is 1.40. The lowest BCUT2D eigenvalue weighted by Crippen LogP contribution is -2.26. The quantitative estimate of drug-likeness (QED) is 0.608. The highest BCUT2D eigenvalue weighted by molar-refractivity contribution is 7.12. The predicted octanol–water partition coefficient (Wildman–Crippen LogP) is 2.55. The molecule has 1 heterocycles. The van der Waals surface area contributed by atoms with Crippen molar-refractivity contribution < 1.29 is 4.57 Å². The molecular formula is C11H12NS+. The van der Waals surface area contributed by atoms with Gasteiger partial charge in [0.2, 0.25) is 0 Å². The Morgan fingerprint density at radius 1 is 1.23 bits per heavy atom. The monoisotopic (exact) mass is 190 g/mol. The summed E-state index contributed by atoms with van der Waals surface area (Å²) < 4.78 is 2.16. The normalized spacial score (nSPS) is 10.3. The molecule has 0 spiro atoms. The fraction of sp³-hybridized carbons (Fsp3) is 0.182. The van der Waals surface area contributed by atoms with E-state index < -0.39 is 0 Å². The molecule has 0 aliphatic carbocycles. The Labute approximate surface area is 82.3 Å². The minimum Gasteiger partial charge on any atom is -0.191 e. The number of nitrogens with zero attached hydrogens (tertiary/aromatic N) is 1. The van der Waals surface area contributed by atoms with Gasteiger partial charge in [-0.05, 0) is 18.6 Å². The lowest BCUT2D eigenvalue weighted by atomic mass is 10.1. The number of hydrogen-bond donors (Lipinski definition) is 0. The molecule has 0 unspecified atom stereocenters. The molecule has 1 nitrogen and oxygen atoms in total. The maximum absolute atomic E-state index is 2.17. The van der Waals surface area contributed by atoms with Crippen molar-refractivity contribution in [2.75, 3.05) is 0 Å². The van der Waals surface area contributed by atoms with Crippen molar-refractivity contribution in [2.24, 2.45) is 7.05 Å². The average molecular weight is 190 g/mol. The summed E-state index contributed by atoms with van der Waals surface area (Å²) in [5, 5.41) is 3.43. The zero-order valence-electron chi connectivity index (χ0n) is 7.82. The van der Waals surface area contributed by atoms with Crippen molar-refractivity contribution in [3.8, 4) is 10.6 Å². The van der Waals surface area contributed by atoms with Gasteiger partial charge < -0.3 is 0 Å². The van der Waals surface area contributed by atoms with Crippen LogP contribution in [0.5, 0.6) is 0 Å². The van der Waals surface area contributed by atoms with Gasteiger partial charge in [0.1, 0.15) is 7.05 Å². The van der Waals surface area contributed by atoms with Crippen LogP contribution in [0.15, 0.2) is 35.8 Å². The first kappa shape index (κ1) is 8.45. The first-order valence-electron chi connectivity index (χ1n) is 4.28. The third-order valence-electron chi connectivity index (χ3n) is 2.16. The van der Waals surface area contributed by atoms with Crippen LogP contribution in [0.3, 0.4) is 0 Å². The summed E-state index contributed by atoms with van der Waals surface area (Å²) >= 11 is 1.78. The van der Waals surface area contributed by atoms with Gasteiger partial charge in [-0.25, -0.2) is 0 Å². The molecule has 0 radical (unpaired) electrons. The van der Waals surface area contributed by atoms with Crippen molar-refractivity contribution in [1.82, 2.24) is 0 Å². The van der Waals surface area contributed by atoms with Crippen LogP contribution in [0.25, 0.3) is 10.6 Å². The molecule has 2 aromatic rings. The molecule has 0 fully saturated rings. The Kier molecular flexibility index (Phi) is 2.15. The number of benzene rings is 1. The first-order chi connectivity index (χ1) is 6.29. The highest BCUT2D eigenvalue weighted by atomic mass is 32.1. The molecule has 0 amide bonds. The van der Waals surface area contributed by atoms with Crippen LogP contribution >= 0.6 is 11.3 Å². The summed E-state index contributed by atoms with van der Waals surface area (Å²) in [7, 11) is 2.08. The van der Waals surface area contributed by atoms with Crippen molar-refractivity contribution in [2.45, 2.75) is 6.92 Å². The second kappa shape index (κ2) is 3.30. The highest BCUT2D eigenvalue weighted by Gasteiger charge is 2.12. The molecule has 1 aromatic carbocycles. The minimum absolute atomic E-state index is 1.32. The zero-order chi connectivity index (χ0) is 9.26. The van der Waals surface area contributed by atoms with Crippen LogP contribution < -0.4 is 4.57 Å². The van der Waals surface area contributed by atoms with Gasteiger partial charge in [-0.2, -0.15) is 4.57 Å². The second-order valence-corrected chi connectivity index (χ2v) is 4.03. The van der Waals surface area contributed by atoms with E-state index in [2.05, 4.69) is 54.4 Å². The van der Waals surface area contributed by atoms with Gasteiger partial charge in [0.15, 0.2) is 6.20 Å². The van der Waals surface area contributed by atoms with Gasteiger partial charge in [-0.3, -0.25) is 0 Å². The SMILES string of the molecule is Cc1ccccc1-c1scc[n+]1C. The fourth-order valence-corrected chi connectivity index (χ4v) is 2.36. The summed E-state index contributed by atoms with van der Waals surface area (Å²) in [5.74, 6) is 0. The van der Waals surface area contributed by atoms with E-state index >= 15 is 0 Å². The van der Waals surface area contributed by atoms with E-state index in [1.807, 2.05) is 0 Å². The maximum atomic E-state index is 2.17. The molecule has 0 saturated carbocycles. The van der Waals surface area contributed by atoms with Gasteiger partial charge in [-0.1, -0.05) is 29.5 Å². The largest absolute Gasteiger partial charge is 0.269 e. The molecule has 0 saturated heterocycles. The Bertz CT molecular complexity index is 418. The second-order valence-electron chi connectivity index (χ2n) is 3.13.